The number of amidine groups is 1. The van der Waals surface area contributed by atoms with E-state index < -0.39 is 0 Å². The van der Waals surface area contributed by atoms with Crippen LogP contribution in [0, 0.1) is 0 Å². The highest BCUT2D eigenvalue weighted by Gasteiger charge is 2.08. The van der Waals surface area contributed by atoms with Gasteiger partial charge in [0.05, 0.1) is 11.4 Å². The monoisotopic (exact) mass is 277 g/mol. The molecule has 2 rings (SSSR count). The third kappa shape index (κ3) is 3.39. The summed E-state index contributed by atoms with van der Waals surface area (Å²) in [5.74, 6) is 0.366. The van der Waals surface area contributed by atoms with Gasteiger partial charge in [-0.1, -0.05) is 61.7 Å². The van der Waals surface area contributed by atoms with Crippen molar-refractivity contribution in [2.24, 2.45) is 10.7 Å². The molecule has 0 aliphatic heterocycles. The summed E-state index contributed by atoms with van der Waals surface area (Å²) in [4.78, 5) is 4.45. The van der Waals surface area contributed by atoms with Gasteiger partial charge in [-0.3, -0.25) is 0 Å². The van der Waals surface area contributed by atoms with Gasteiger partial charge in [0.2, 0.25) is 0 Å². The average molecular weight is 277 g/mol. The molecule has 3 heteroatoms. The van der Waals surface area contributed by atoms with Gasteiger partial charge in [-0.15, -0.1) is 0 Å². The van der Waals surface area contributed by atoms with Crippen LogP contribution in [0.4, 0.5) is 5.69 Å². The van der Waals surface area contributed by atoms with Crippen molar-refractivity contribution in [3.63, 3.8) is 0 Å². The zero-order valence-electron chi connectivity index (χ0n) is 12.1. The normalized spacial score (nSPS) is 11.0. The van der Waals surface area contributed by atoms with E-state index in [2.05, 4.69) is 23.5 Å². The first kappa shape index (κ1) is 14.6. The molecule has 0 aromatic heterocycles. The van der Waals surface area contributed by atoms with Gasteiger partial charge in [-0.25, -0.2) is 4.99 Å². The maximum Gasteiger partial charge on any atom is 0.146 e. The Morgan fingerprint density at radius 3 is 2.29 bits per heavy atom. The first-order valence-corrected chi connectivity index (χ1v) is 6.68. The highest BCUT2D eigenvalue weighted by molar-refractivity contribution is 5.98. The molecule has 3 nitrogen and oxygen atoms in total. The first-order valence-electron chi connectivity index (χ1n) is 6.68. The predicted molar refractivity (Wildman–Crippen MR) is 90.5 cm³/mol. The minimum absolute atomic E-state index is 0.366. The molecule has 0 spiro atoms. The molecule has 0 heterocycles. The Kier molecular flexibility index (Phi) is 4.57. The summed E-state index contributed by atoms with van der Waals surface area (Å²) in [5, 5.41) is 2.89. The van der Waals surface area contributed by atoms with Crippen molar-refractivity contribution in [3.05, 3.63) is 84.6 Å². The number of hydrogen-bond acceptors (Lipinski definition) is 2. The van der Waals surface area contributed by atoms with E-state index in [1.807, 2.05) is 54.6 Å². The molecule has 3 N–H and O–H groups in total. The maximum absolute atomic E-state index is 5.93. The summed E-state index contributed by atoms with van der Waals surface area (Å²) in [6.45, 7) is 7.99. The lowest BCUT2D eigenvalue weighted by atomic mass is 9.98. The summed E-state index contributed by atoms with van der Waals surface area (Å²) in [6.07, 6.45) is 0. The van der Waals surface area contributed by atoms with Crippen molar-refractivity contribution in [1.82, 2.24) is 5.32 Å². The van der Waals surface area contributed by atoms with Crippen LogP contribution in [-0.4, -0.2) is 12.9 Å². The Bertz CT molecular complexity index is 685. The predicted octanol–water partition coefficient (Wildman–Crippen LogP) is 3.47. The van der Waals surface area contributed by atoms with Gasteiger partial charge in [-0.2, -0.15) is 0 Å². The van der Waals surface area contributed by atoms with E-state index in [1.54, 1.807) is 7.05 Å². The van der Waals surface area contributed by atoms with Crippen molar-refractivity contribution < 1.29 is 0 Å². The van der Waals surface area contributed by atoms with Crippen molar-refractivity contribution >= 4 is 17.1 Å². The van der Waals surface area contributed by atoms with Crippen LogP contribution < -0.4 is 11.1 Å². The third-order valence-corrected chi connectivity index (χ3v) is 3.20. The van der Waals surface area contributed by atoms with E-state index in [4.69, 9.17) is 5.73 Å². The molecule has 0 unspecified atom stereocenters. The van der Waals surface area contributed by atoms with Gasteiger partial charge in [0, 0.05) is 12.6 Å². The number of rotatable bonds is 5. The second kappa shape index (κ2) is 6.57. The van der Waals surface area contributed by atoms with Gasteiger partial charge in [0.25, 0.3) is 0 Å². The van der Waals surface area contributed by atoms with Crippen molar-refractivity contribution in [3.8, 4) is 0 Å². The van der Waals surface area contributed by atoms with E-state index in [0.717, 1.165) is 22.4 Å². The maximum atomic E-state index is 5.93. The Morgan fingerprint density at radius 1 is 1.00 bits per heavy atom. The molecule has 0 aliphatic carbocycles. The molecular weight excluding hydrogens is 258 g/mol. The van der Waals surface area contributed by atoms with Gasteiger partial charge < -0.3 is 11.1 Å². The first-order chi connectivity index (χ1) is 10.1. The topological polar surface area (TPSA) is 50.4 Å². The van der Waals surface area contributed by atoms with E-state index in [1.165, 1.54) is 0 Å². The molecule has 0 fully saturated rings. The zero-order chi connectivity index (χ0) is 15.2. The molecular formula is C18H19N3. The molecule has 0 atom stereocenters. The fourth-order valence-electron chi connectivity index (χ4n) is 1.95. The number of aliphatic imine (C=N–C) groups is 1. The largest absolute Gasteiger partial charge is 0.386 e. The summed E-state index contributed by atoms with van der Waals surface area (Å²) in [5.41, 5.74) is 10.2. The summed E-state index contributed by atoms with van der Waals surface area (Å²) < 4.78 is 0. The lowest BCUT2D eigenvalue weighted by Gasteiger charge is -2.11. The fourth-order valence-corrected chi connectivity index (χ4v) is 1.95. The Labute approximate surface area is 125 Å². The van der Waals surface area contributed by atoms with Crippen LogP contribution in [0.25, 0.3) is 5.57 Å². The van der Waals surface area contributed by atoms with Crippen LogP contribution in [0.5, 0.6) is 0 Å². The van der Waals surface area contributed by atoms with Crippen LogP contribution in [0.2, 0.25) is 0 Å². The van der Waals surface area contributed by atoms with Gasteiger partial charge in [0.1, 0.15) is 5.84 Å². The molecule has 0 radical (unpaired) electrons. The van der Waals surface area contributed by atoms with Crippen LogP contribution in [0.15, 0.2) is 78.4 Å². The summed E-state index contributed by atoms with van der Waals surface area (Å²) >= 11 is 0. The Balaban J connectivity index is 2.43. The molecule has 2 aromatic carbocycles. The van der Waals surface area contributed by atoms with Crippen LogP contribution in [-0.2, 0) is 0 Å². The van der Waals surface area contributed by atoms with E-state index >= 15 is 0 Å². The lowest BCUT2D eigenvalue weighted by molar-refractivity contribution is 1.05. The minimum Gasteiger partial charge on any atom is -0.386 e. The van der Waals surface area contributed by atoms with Crippen LogP contribution in [0.3, 0.4) is 0 Å². The van der Waals surface area contributed by atoms with Crippen molar-refractivity contribution in [1.29, 1.82) is 0 Å². The number of likely N-dealkylation sites (N-methyl/N-ethyl adjacent to an activating group) is 1. The summed E-state index contributed by atoms with van der Waals surface area (Å²) in [7, 11) is 1.76. The quantitative estimate of drug-likeness (QED) is 0.649. The lowest BCUT2D eigenvalue weighted by Crippen LogP contribution is -2.22. The molecule has 0 saturated heterocycles. The number of para-hydroxylation sites is 1. The second-order valence-corrected chi connectivity index (χ2v) is 4.59. The second-order valence-electron chi connectivity index (χ2n) is 4.59. The van der Waals surface area contributed by atoms with Gasteiger partial charge in [-0.05, 0) is 17.2 Å². The number of hydrogen-bond donors (Lipinski definition) is 2. The Morgan fingerprint density at radius 2 is 1.62 bits per heavy atom. The minimum atomic E-state index is 0.366. The highest BCUT2D eigenvalue weighted by Crippen LogP contribution is 2.29. The average Bonchev–Trinajstić information content (AvgIpc) is 2.54. The molecule has 0 saturated carbocycles. The van der Waals surface area contributed by atoms with Gasteiger partial charge in [0.15, 0.2) is 0 Å². The zero-order valence-corrected chi connectivity index (χ0v) is 12.1. The molecule has 2 aromatic rings. The number of nitrogens with two attached hydrogens (primary N) is 1. The molecule has 0 bridgehead atoms. The number of benzene rings is 2. The van der Waals surface area contributed by atoms with E-state index in [-0.39, 0.29) is 0 Å². The summed E-state index contributed by atoms with van der Waals surface area (Å²) in [6, 6.07) is 17.8. The van der Waals surface area contributed by atoms with E-state index in [9.17, 15) is 0 Å². The number of nitrogens with zero attached hydrogens (tertiary/aromatic N) is 1. The van der Waals surface area contributed by atoms with Gasteiger partial charge >= 0.3 is 0 Å². The van der Waals surface area contributed by atoms with Crippen molar-refractivity contribution in [2.75, 3.05) is 7.05 Å². The van der Waals surface area contributed by atoms with Crippen LogP contribution >= 0.6 is 0 Å². The Hall–Kier alpha value is -2.81. The van der Waals surface area contributed by atoms with E-state index in [0.29, 0.717) is 11.5 Å². The van der Waals surface area contributed by atoms with Crippen LogP contribution in [0.1, 0.15) is 11.1 Å². The van der Waals surface area contributed by atoms with Crippen molar-refractivity contribution in [2.45, 2.75) is 0 Å². The molecule has 0 aliphatic rings. The SMILES string of the molecule is C=C(NC)C(N)=Nc1ccccc1C(=C)c1ccccc1. The standard InChI is InChI=1S/C18H19N3/c1-13(15-9-5-4-6-10-15)16-11-7-8-12-17(16)21-18(19)14(2)20-3/h4-12,20H,1-2H2,3H3,(H2,19,21). The highest BCUT2D eigenvalue weighted by atomic mass is 15.0. The fraction of sp³-hybridized carbons (Fsp3) is 0.0556. The molecule has 106 valence electrons. The third-order valence-electron chi connectivity index (χ3n) is 3.20. The molecule has 21 heavy (non-hydrogen) atoms. The molecule has 0 amide bonds. The smallest absolute Gasteiger partial charge is 0.146 e. The number of nitrogens with one attached hydrogen (secondary N) is 1.